The summed E-state index contributed by atoms with van der Waals surface area (Å²) in [6.45, 7) is -2.84. The zero-order valence-corrected chi connectivity index (χ0v) is 18.3. The SMILES string of the molecule is CSCCC(NC(=O)c1ccc(Cl)cc1Cl)C(=O)NCc1cccc(OC(F)F)c1. The fourth-order valence-corrected chi connectivity index (χ4v) is 3.52. The first-order chi connectivity index (χ1) is 14.3. The van der Waals surface area contributed by atoms with Crippen LogP contribution in [0.5, 0.6) is 5.75 Å². The monoisotopic (exact) mass is 476 g/mol. The van der Waals surface area contributed by atoms with Gasteiger partial charge in [-0.25, -0.2) is 0 Å². The average molecular weight is 477 g/mol. The molecule has 0 aromatic heterocycles. The Morgan fingerprint density at radius 3 is 2.60 bits per heavy atom. The highest BCUT2D eigenvalue weighted by atomic mass is 35.5. The summed E-state index contributed by atoms with van der Waals surface area (Å²) in [5, 5.41) is 5.97. The van der Waals surface area contributed by atoms with Gasteiger partial charge in [-0.15, -0.1) is 0 Å². The van der Waals surface area contributed by atoms with Crippen molar-refractivity contribution in [2.24, 2.45) is 0 Å². The van der Waals surface area contributed by atoms with E-state index in [2.05, 4.69) is 15.4 Å². The number of benzene rings is 2. The first-order valence-corrected chi connectivity index (χ1v) is 11.0. The number of amides is 2. The molecule has 0 heterocycles. The number of thioether (sulfide) groups is 1. The maximum Gasteiger partial charge on any atom is 0.387 e. The summed E-state index contributed by atoms with van der Waals surface area (Å²) in [4.78, 5) is 25.2. The summed E-state index contributed by atoms with van der Waals surface area (Å²) in [7, 11) is 0. The molecular weight excluding hydrogens is 457 g/mol. The highest BCUT2D eigenvalue weighted by Gasteiger charge is 2.22. The molecule has 30 heavy (non-hydrogen) atoms. The third kappa shape index (κ3) is 7.66. The maximum atomic E-state index is 12.7. The van der Waals surface area contributed by atoms with E-state index in [-0.39, 0.29) is 22.9 Å². The Morgan fingerprint density at radius 1 is 1.17 bits per heavy atom. The summed E-state index contributed by atoms with van der Waals surface area (Å²) in [5.41, 5.74) is 0.789. The second kappa shape index (κ2) is 12.0. The van der Waals surface area contributed by atoms with Gasteiger partial charge in [0.15, 0.2) is 0 Å². The number of nitrogens with one attached hydrogen (secondary N) is 2. The van der Waals surface area contributed by atoms with E-state index >= 15 is 0 Å². The van der Waals surface area contributed by atoms with Crippen molar-refractivity contribution >= 4 is 46.8 Å². The van der Waals surface area contributed by atoms with Gasteiger partial charge in [-0.1, -0.05) is 35.3 Å². The van der Waals surface area contributed by atoms with Gasteiger partial charge in [-0.2, -0.15) is 20.5 Å². The first kappa shape index (κ1) is 24.2. The van der Waals surface area contributed by atoms with E-state index in [0.29, 0.717) is 22.8 Å². The molecule has 1 unspecified atom stereocenters. The summed E-state index contributed by atoms with van der Waals surface area (Å²) < 4.78 is 29.1. The topological polar surface area (TPSA) is 67.4 Å². The molecule has 10 heteroatoms. The van der Waals surface area contributed by atoms with E-state index in [1.54, 1.807) is 12.1 Å². The van der Waals surface area contributed by atoms with Crippen molar-refractivity contribution in [1.29, 1.82) is 0 Å². The lowest BCUT2D eigenvalue weighted by molar-refractivity contribution is -0.123. The normalized spacial score (nSPS) is 11.8. The molecule has 0 aliphatic heterocycles. The van der Waals surface area contributed by atoms with Gasteiger partial charge in [0.05, 0.1) is 10.6 Å². The lowest BCUT2D eigenvalue weighted by atomic mass is 10.1. The number of carbonyl (C=O) groups excluding carboxylic acids is 2. The van der Waals surface area contributed by atoms with Crippen molar-refractivity contribution in [3.63, 3.8) is 0 Å². The van der Waals surface area contributed by atoms with Crippen LogP contribution >= 0.6 is 35.0 Å². The molecule has 2 rings (SSSR count). The first-order valence-electron chi connectivity index (χ1n) is 8.86. The van der Waals surface area contributed by atoms with E-state index in [1.165, 1.54) is 42.1 Å². The van der Waals surface area contributed by atoms with Gasteiger partial charge < -0.3 is 15.4 Å². The summed E-state index contributed by atoms with van der Waals surface area (Å²) in [5.74, 6) is -0.251. The van der Waals surface area contributed by atoms with Crippen LogP contribution in [0.15, 0.2) is 42.5 Å². The molecule has 0 radical (unpaired) electrons. The van der Waals surface area contributed by atoms with Crippen molar-refractivity contribution in [2.75, 3.05) is 12.0 Å². The summed E-state index contributed by atoms with van der Waals surface area (Å²) >= 11 is 13.5. The highest BCUT2D eigenvalue weighted by Crippen LogP contribution is 2.21. The number of alkyl halides is 2. The Balaban J connectivity index is 2.03. The Kier molecular flexibility index (Phi) is 9.68. The molecule has 0 bridgehead atoms. The predicted octanol–water partition coefficient (Wildman–Crippen LogP) is 4.76. The summed E-state index contributed by atoms with van der Waals surface area (Å²) in [6.07, 6.45) is 2.29. The lowest BCUT2D eigenvalue weighted by Gasteiger charge is -2.19. The Labute approximate surface area is 187 Å². The summed E-state index contributed by atoms with van der Waals surface area (Å²) in [6, 6.07) is 9.70. The van der Waals surface area contributed by atoms with Crippen molar-refractivity contribution in [3.05, 3.63) is 63.6 Å². The molecule has 0 saturated heterocycles. The molecule has 0 aliphatic carbocycles. The second-order valence-corrected chi connectivity index (χ2v) is 8.00. The smallest absolute Gasteiger partial charge is 0.387 e. The third-order valence-electron chi connectivity index (χ3n) is 4.00. The van der Waals surface area contributed by atoms with Crippen LogP contribution in [0.3, 0.4) is 0 Å². The zero-order valence-electron chi connectivity index (χ0n) is 16.0. The molecule has 5 nitrogen and oxygen atoms in total. The molecule has 2 N–H and O–H groups in total. The number of ether oxygens (including phenoxy) is 1. The molecule has 162 valence electrons. The van der Waals surface area contributed by atoms with Gasteiger partial charge in [0.25, 0.3) is 5.91 Å². The average Bonchev–Trinajstić information content (AvgIpc) is 2.69. The highest BCUT2D eigenvalue weighted by molar-refractivity contribution is 7.98. The van der Waals surface area contributed by atoms with E-state index in [4.69, 9.17) is 23.2 Å². The molecule has 0 aliphatic rings. The quantitative estimate of drug-likeness (QED) is 0.518. The number of hydrogen-bond acceptors (Lipinski definition) is 4. The minimum Gasteiger partial charge on any atom is -0.435 e. The van der Waals surface area contributed by atoms with Crippen molar-refractivity contribution in [3.8, 4) is 5.75 Å². The third-order valence-corrected chi connectivity index (χ3v) is 5.19. The number of halogens is 4. The number of carbonyl (C=O) groups is 2. The zero-order chi connectivity index (χ0) is 22.1. The van der Waals surface area contributed by atoms with Crippen LogP contribution in [0.2, 0.25) is 10.0 Å². The number of rotatable bonds is 10. The molecule has 2 amide bonds. The predicted molar refractivity (Wildman–Crippen MR) is 116 cm³/mol. The van der Waals surface area contributed by atoms with Gasteiger partial charge >= 0.3 is 6.61 Å². The fourth-order valence-electron chi connectivity index (χ4n) is 2.56. The second-order valence-electron chi connectivity index (χ2n) is 6.18. The van der Waals surface area contributed by atoms with Crippen LogP contribution in [0.1, 0.15) is 22.3 Å². The fraction of sp³-hybridized carbons (Fsp3) is 0.300. The Morgan fingerprint density at radius 2 is 1.93 bits per heavy atom. The largest absolute Gasteiger partial charge is 0.435 e. The van der Waals surface area contributed by atoms with Crippen LogP contribution in [-0.4, -0.2) is 36.5 Å². The minimum atomic E-state index is -2.93. The van der Waals surface area contributed by atoms with Crippen molar-refractivity contribution in [1.82, 2.24) is 10.6 Å². The van der Waals surface area contributed by atoms with Crippen LogP contribution in [0.25, 0.3) is 0 Å². The Bertz CT molecular complexity index is 887. The molecule has 2 aromatic carbocycles. The molecule has 0 spiro atoms. The van der Waals surface area contributed by atoms with Gasteiger partial charge in [0.1, 0.15) is 11.8 Å². The molecular formula is C20H20Cl2F2N2O3S. The lowest BCUT2D eigenvalue weighted by Crippen LogP contribution is -2.47. The van der Waals surface area contributed by atoms with Crippen LogP contribution < -0.4 is 15.4 Å². The molecule has 0 saturated carbocycles. The van der Waals surface area contributed by atoms with Crippen molar-refractivity contribution < 1.29 is 23.1 Å². The van der Waals surface area contributed by atoms with Crippen LogP contribution in [0, 0.1) is 0 Å². The van der Waals surface area contributed by atoms with Gasteiger partial charge in [-0.3, -0.25) is 9.59 Å². The van der Waals surface area contributed by atoms with E-state index < -0.39 is 24.5 Å². The van der Waals surface area contributed by atoms with Gasteiger partial charge in [0.2, 0.25) is 5.91 Å². The van der Waals surface area contributed by atoms with Crippen LogP contribution in [0.4, 0.5) is 8.78 Å². The maximum absolute atomic E-state index is 12.7. The standard InChI is InChI=1S/C20H20Cl2F2N2O3S/c1-30-8-7-17(26-18(27)15-6-5-13(21)10-16(15)22)19(28)25-11-12-3-2-4-14(9-12)29-20(23)24/h2-6,9-10,17,20H,7-8,11H2,1H3,(H,25,28)(H,26,27). The van der Waals surface area contributed by atoms with Gasteiger partial charge in [-0.05, 0) is 54.3 Å². The van der Waals surface area contributed by atoms with Crippen molar-refractivity contribution in [2.45, 2.75) is 25.6 Å². The Hall–Kier alpha value is -2.03. The van der Waals surface area contributed by atoms with E-state index in [0.717, 1.165) is 0 Å². The minimum absolute atomic E-state index is 0.00126. The number of hydrogen-bond donors (Lipinski definition) is 2. The molecule has 2 aromatic rings. The molecule has 1 atom stereocenters. The van der Waals surface area contributed by atoms with Gasteiger partial charge in [0, 0.05) is 11.6 Å². The van der Waals surface area contributed by atoms with E-state index in [9.17, 15) is 18.4 Å². The van der Waals surface area contributed by atoms with E-state index in [1.807, 2.05) is 6.26 Å². The van der Waals surface area contributed by atoms with Crippen LogP contribution in [-0.2, 0) is 11.3 Å². The molecule has 0 fully saturated rings.